The van der Waals surface area contributed by atoms with Gasteiger partial charge >= 0.3 is 6.09 Å². The van der Waals surface area contributed by atoms with Crippen LogP contribution in [0.3, 0.4) is 0 Å². The highest BCUT2D eigenvalue weighted by Crippen LogP contribution is 2.34. The molecule has 2 rings (SSSR count). The predicted molar refractivity (Wildman–Crippen MR) is 78.0 cm³/mol. The third kappa shape index (κ3) is 3.12. The standard InChI is InChI=1S/C16H20N2O2/c1-3-9-18-14-8-6-11-10-12(5-7-13(11)14)15(4-2)20-16(17)19/h1,5,7,10,14-15,18H,4,6,8-9H2,2H3,(H2,17,19)/t14-,15?/m1/s1. The summed E-state index contributed by atoms with van der Waals surface area (Å²) in [5.41, 5.74) is 8.69. The fourth-order valence-corrected chi connectivity index (χ4v) is 2.76. The van der Waals surface area contributed by atoms with Crippen LogP contribution >= 0.6 is 0 Å². The van der Waals surface area contributed by atoms with Gasteiger partial charge in [0.05, 0.1) is 6.54 Å². The van der Waals surface area contributed by atoms with E-state index in [4.69, 9.17) is 16.9 Å². The third-order valence-corrected chi connectivity index (χ3v) is 3.70. The monoisotopic (exact) mass is 272 g/mol. The van der Waals surface area contributed by atoms with Crippen LogP contribution < -0.4 is 11.1 Å². The normalized spacial score (nSPS) is 18.1. The highest BCUT2D eigenvalue weighted by Gasteiger charge is 2.23. The molecule has 1 aromatic carbocycles. The van der Waals surface area contributed by atoms with Crippen LogP contribution in [0.5, 0.6) is 0 Å². The number of carbonyl (C=O) groups is 1. The second-order valence-electron chi connectivity index (χ2n) is 4.97. The minimum absolute atomic E-state index is 0.268. The van der Waals surface area contributed by atoms with E-state index >= 15 is 0 Å². The molecule has 1 aliphatic carbocycles. The van der Waals surface area contributed by atoms with Crippen LogP contribution in [0.4, 0.5) is 4.79 Å². The highest BCUT2D eigenvalue weighted by molar-refractivity contribution is 5.65. The van der Waals surface area contributed by atoms with Gasteiger partial charge in [0.15, 0.2) is 0 Å². The average molecular weight is 272 g/mol. The molecule has 4 heteroatoms. The number of nitrogens with one attached hydrogen (secondary N) is 1. The Morgan fingerprint density at radius 2 is 2.45 bits per heavy atom. The maximum atomic E-state index is 10.9. The van der Waals surface area contributed by atoms with Crippen molar-refractivity contribution in [3.8, 4) is 12.3 Å². The van der Waals surface area contributed by atoms with E-state index in [1.54, 1.807) is 0 Å². The number of rotatable bonds is 5. The summed E-state index contributed by atoms with van der Waals surface area (Å²) in [6, 6.07) is 6.54. The van der Waals surface area contributed by atoms with Gasteiger partial charge in [-0.25, -0.2) is 4.79 Å². The van der Waals surface area contributed by atoms with Gasteiger partial charge in [-0.15, -0.1) is 6.42 Å². The summed E-state index contributed by atoms with van der Waals surface area (Å²) in [7, 11) is 0. The van der Waals surface area contributed by atoms with Gasteiger partial charge in [-0.1, -0.05) is 31.0 Å². The molecule has 2 atom stereocenters. The van der Waals surface area contributed by atoms with Gasteiger partial charge in [0, 0.05) is 6.04 Å². The number of hydrogen-bond acceptors (Lipinski definition) is 3. The number of ether oxygens (including phenoxy) is 1. The van der Waals surface area contributed by atoms with Gasteiger partial charge in [0.1, 0.15) is 6.10 Å². The first-order chi connectivity index (χ1) is 9.65. The molecule has 106 valence electrons. The second kappa shape index (κ2) is 6.44. The Labute approximate surface area is 119 Å². The summed E-state index contributed by atoms with van der Waals surface area (Å²) >= 11 is 0. The van der Waals surface area contributed by atoms with E-state index < -0.39 is 6.09 Å². The first kappa shape index (κ1) is 14.4. The SMILES string of the molecule is C#CCN[C@@H]1CCc2cc(C(CC)OC(N)=O)ccc21. The Hall–Kier alpha value is -1.99. The quantitative estimate of drug-likeness (QED) is 0.809. The molecule has 20 heavy (non-hydrogen) atoms. The molecule has 0 saturated heterocycles. The molecular weight excluding hydrogens is 252 g/mol. The maximum absolute atomic E-state index is 10.9. The van der Waals surface area contributed by atoms with E-state index in [1.807, 2.05) is 13.0 Å². The lowest BCUT2D eigenvalue weighted by molar-refractivity contribution is 0.104. The fraction of sp³-hybridized carbons (Fsp3) is 0.438. The van der Waals surface area contributed by atoms with Crippen LogP contribution in [-0.2, 0) is 11.2 Å². The van der Waals surface area contributed by atoms with Crippen molar-refractivity contribution in [2.75, 3.05) is 6.54 Å². The zero-order valence-corrected chi connectivity index (χ0v) is 11.7. The van der Waals surface area contributed by atoms with Gasteiger partial charge < -0.3 is 10.5 Å². The molecule has 0 heterocycles. The van der Waals surface area contributed by atoms with Crippen LogP contribution in [0, 0.1) is 12.3 Å². The minimum Gasteiger partial charge on any atom is -0.442 e. The van der Waals surface area contributed by atoms with E-state index in [9.17, 15) is 4.79 Å². The van der Waals surface area contributed by atoms with E-state index in [0.717, 1.165) is 18.4 Å². The number of amides is 1. The number of benzene rings is 1. The van der Waals surface area contributed by atoms with Crippen molar-refractivity contribution in [3.05, 3.63) is 34.9 Å². The molecule has 0 fully saturated rings. The van der Waals surface area contributed by atoms with Gasteiger partial charge in [-0.2, -0.15) is 0 Å². The molecule has 4 nitrogen and oxygen atoms in total. The largest absolute Gasteiger partial charge is 0.442 e. The zero-order valence-electron chi connectivity index (χ0n) is 11.7. The van der Waals surface area contributed by atoms with Crippen LogP contribution in [0.15, 0.2) is 18.2 Å². The molecule has 0 spiro atoms. The third-order valence-electron chi connectivity index (χ3n) is 3.70. The average Bonchev–Trinajstić information content (AvgIpc) is 2.84. The van der Waals surface area contributed by atoms with Crippen molar-refractivity contribution >= 4 is 6.09 Å². The molecule has 1 amide bonds. The van der Waals surface area contributed by atoms with Gasteiger partial charge in [0.25, 0.3) is 0 Å². The molecule has 0 aromatic heterocycles. The van der Waals surface area contributed by atoms with Crippen molar-refractivity contribution in [2.24, 2.45) is 5.73 Å². The number of primary amides is 1. The Morgan fingerprint density at radius 1 is 1.65 bits per heavy atom. The first-order valence-corrected chi connectivity index (χ1v) is 6.91. The van der Waals surface area contributed by atoms with Gasteiger partial charge in [-0.3, -0.25) is 5.32 Å². The molecule has 1 aliphatic rings. The minimum atomic E-state index is -0.731. The molecular formula is C16H20N2O2. The summed E-state index contributed by atoms with van der Waals surface area (Å²) in [4.78, 5) is 10.9. The summed E-state index contributed by atoms with van der Waals surface area (Å²) in [6.07, 6.45) is 7.05. The van der Waals surface area contributed by atoms with Crippen molar-refractivity contribution in [3.63, 3.8) is 0 Å². The van der Waals surface area contributed by atoms with Gasteiger partial charge in [0.2, 0.25) is 0 Å². The van der Waals surface area contributed by atoms with E-state index in [-0.39, 0.29) is 6.10 Å². The number of terminal acetylenes is 1. The fourth-order valence-electron chi connectivity index (χ4n) is 2.76. The summed E-state index contributed by atoms with van der Waals surface area (Å²) < 4.78 is 5.13. The summed E-state index contributed by atoms with van der Waals surface area (Å²) in [5, 5.41) is 3.34. The van der Waals surface area contributed by atoms with Crippen LogP contribution in [0.1, 0.15) is 48.6 Å². The van der Waals surface area contributed by atoms with Crippen molar-refractivity contribution < 1.29 is 9.53 Å². The van der Waals surface area contributed by atoms with Crippen molar-refractivity contribution in [1.29, 1.82) is 0 Å². The van der Waals surface area contributed by atoms with E-state index in [1.165, 1.54) is 11.1 Å². The molecule has 3 N–H and O–H groups in total. The van der Waals surface area contributed by atoms with Crippen LogP contribution in [0.2, 0.25) is 0 Å². The number of carbonyl (C=O) groups excluding carboxylic acids is 1. The van der Waals surface area contributed by atoms with Crippen LogP contribution in [0.25, 0.3) is 0 Å². The Bertz CT molecular complexity index is 534. The first-order valence-electron chi connectivity index (χ1n) is 6.91. The molecule has 0 saturated carbocycles. The van der Waals surface area contributed by atoms with Crippen LogP contribution in [-0.4, -0.2) is 12.6 Å². The molecule has 0 bridgehead atoms. The lowest BCUT2D eigenvalue weighted by atomic mass is 10.0. The molecule has 1 aromatic rings. The molecule has 0 radical (unpaired) electrons. The van der Waals surface area contributed by atoms with Gasteiger partial charge in [-0.05, 0) is 36.0 Å². The topological polar surface area (TPSA) is 64.3 Å². The van der Waals surface area contributed by atoms with Crippen molar-refractivity contribution in [2.45, 2.75) is 38.3 Å². The number of nitrogens with two attached hydrogens (primary N) is 1. The lowest BCUT2D eigenvalue weighted by Crippen LogP contribution is -2.19. The maximum Gasteiger partial charge on any atom is 0.405 e. The molecule has 0 aliphatic heterocycles. The Balaban J connectivity index is 2.16. The molecule has 1 unspecified atom stereocenters. The zero-order chi connectivity index (χ0) is 14.5. The number of aryl methyl sites for hydroxylation is 1. The summed E-state index contributed by atoms with van der Waals surface area (Å²) in [5.74, 6) is 2.60. The number of hydrogen-bond donors (Lipinski definition) is 2. The second-order valence-corrected chi connectivity index (χ2v) is 4.97. The smallest absolute Gasteiger partial charge is 0.405 e. The van der Waals surface area contributed by atoms with E-state index in [2.05, 4.69) is 23.4 Å². The predicted octanol–water partition coefficient (Wildman–Crippen LogP) is 2.44. The summed E-state index contributed by atoms with van der Waals surface area (Å²) in [6.45, 7) is 2.55. The number of fused-ring (bicyclic) bond motifs is 1. The Kier molecular flexibility index (Phi) is 4.65. The lowest BCUT2D eigenvalue weighted by Gasteiger charge is -2.17. The Morgan fingerprint density at radius 3 is 3.10 bits per heavy atom. The van der Waals surface area contributed by atoms with Crippen molar-refractivity contribution in [1.82, 2.24) is 5.32 Å². The van der Waals surface area contributed by atoms with E-state index in [0.29, 0.717) is 19.0 Å². The highest BCUT2D eigenvalue weighted by atomic mass is 16.6.